The highest BCUT2D eigenvalue weighted by Crippen LogP contribution is 2.37. The third-order valence-corrected chi connectivity index (χ3v) is 9.42. The van der Waals surface area contributed by atoms with Gasteiger partial charge in [-0.25, -0.2) is 0 Å². The molecule has 2 N–H and O–H groups in total. The number of aliphatic hydroxyl groups is 1. The fourth-order valence-electron chi connectivity index (χ4n) is 5.53. The Morgan fingerprint density at radius 2 is 1.46 bits per heavy atom. The van der Waals surface area contributed by atoms with E-state index in [1.165, 1.54) is 18.7 Å². The van der Waals surface area contributed by atoms with Crippen LogP contribution in [-0.2, 0) is 73.3 Å². The molecule has 2 aliphatic rings. The minimum absolute atomic E-state index is 0.154. The number of rotatable bonds is 17. The van der Waals surface area contributed by atoms with Crippen LogP contribution in [0.1, 0.15) is 53.0 Å². The van der Waals surface area contributed by atoms with Crippen LogP contribution in [0.2, 0.25) is 0 Å². The number of nitrogens with one attached hydrogen (secondary N) is 1. The van der Waals surface area contributed by atoms with Crippen molar-refractivity contribution >= 4 is 82.1 Å². The normalized spacial score (nSPS) is 28.3. The van der Waals surface area contributed by atoms with E-state index in [9.17, 15) is 33.9 Å². The van der Waals surface area contributed by atoms with E-state index in [2.05, 4.69) is 5.32 Å². The number of halogens is 3. The maximum Gasteiger partial charge on any atom is 0.306 e. The van der Waals surface area contributed by atoms with Crippen molar-refractivity contribution in [3.8, 4) is 0 Å². The third-order valence-electron chi connectivity index (χ3n) is 7.84. The van der Waals surface area contributed by atoms with Gasteiger partial charge in [-0.1, -0.05) is 72.1 Å². The number of aliphatic hydroxyl groups excluding tert-OH is 1. The summed E-state index contributed by atoms with van der Waals surface area (Å²) in [6.45, 7) is 5.71. The summed E-state index contributed by atoms with van der Waals surface area (Å²) in [4.78, 5) is 74.5. The lowest BCUT2D eigenvalue weighted by atomic mass is 9.95. The van der Waals surface area contributed by atoms with Gasteiger partial charge in [-0.2, -0.15) is 0 Å². The Morgan fingerprint density at radius 3 is 2.04 bits per heavy atom. The summed E-state index contributed by atoms with van der Waals surface area (Å²) in [5.41, 5.74) is -0.134. The van der Waals surface area contributed by atoms with E-state index in [4.69, 9.17) is 72.7 Å². The van der Waals surface area contributed by atoms with Crippen LogP contribution in [0.5, 0.6) is 0 Å². The minimum Gasteiger partial charge on any atom is -0.463 e. The standard InChI is InChI=1S/C34H44Cl3NO15S/c1-6-54-32-25(38-33(45)34(35,36)37)28(26(44)22(51-32)15-46-14-21-10-8-7-9-11-21)53-31-30(52-24(43)13-12-17(2)39)29(49-20(5)42)27(48-19(4)41)23(50-31)16-47-18(3)40/h7-11,22-23,25-32,44H,6,12-16H2,1-5H3,(H,38,45)/t22-,23-,25-,26-,27+,28-,29+,30-,31+,32+/m1/s1. The van der Waals surface area contributed by atoms with Gasteiger partial charge in [-0.3, -0.25) is 24.0 Å². The number of amides is 1. The summed E-state index contributed by atoms with van der Waals surface area (Å²) in [5, 5.41) is 14.4. The SMILES string of the molecule is CCS[C@@H]1O[C@H](COCc2ccccc2)[C@@H](O)[C@H](O[C@@H]2O[C@H](COC(C)=O)[C@H](OC(C)=O)[C@H](OC(C)=O)[C@H]2OC(=O)CCC(C)=O)[C@H]1NC(=O)C(Cl)(Cl)Cl. The molecule has 0 saturated carbocycles. The van der Waals surface area contributed by atoms with Gasteiger partial charge in [0.2, 0.25) is 0 Å². The van der Waals surface area contributed by atoms with Crippen LogP contribution in [0.4, 0.5) is 0 Å². The molecular weight excluding hydrogens is 801 g/mol. The van der Waals surface area contributed by atoms with Crippen LogP contribution in [-0.4, -0.2) is 124 Å². The molecule has 3 rings (SSSR count). The van der Waals surface area contributed by atoms with Gasteiger partial charge in [0.05, 0.1) is 25.7 Å². The number of carbonyl (C=O) groups excluding carboxylic acids is 6. The second-order valence-corrected chi connectivity index (χ2v) is 15.9. The fraction of sp³-hybridized carbons (Fsp3) is 0.647. The Balaban J connectivity index is 2.11. The molecule has 0 radical (unpaired) electrons. The predicted octanol–water partition coefficient (Wildman–Crippen LogP) is 2.71. The van der Waals surface area contributed by atoms with Crippen LogP contribution in [0.15, 0.2) is 30.3 Å². The number of hydrogen-bond donors (Lipinski definition) is 2. The molecule has 2 saturated heterocycles. The second-order valence-electron chi connectivity index (χ2n) is 12.2. The minimum atomic E-state index is -2.46. The summed E-state index contributed by atoms with van der Waals surface area (Å²) in [5.74, 6) is -4.45. The van der Waals surface area contributed by atoms with Crippen molar-refractivity contribution in [2.45, 2.75) is 118 Å². The van der Waals surface area contributed by atoms with Gasteiger partial charge in [0.15, 0.2) is 24.6 Å². The van der Waals surface area contributed by atoms with E-state index in [1.54, 1.807) is 0 Å². The summed E-state index contributed by atoms with van der Waals surface area (Å²) < 4.78 is 44.0. The van der Waals surface area contributed by atoms with Crippen molar-refractivity contribution in [3.05, 3.63) is 35.9 Å². The highest BCUT2D eigenvalue weighted by Gasteiger charge is 2.56. The van der Waals surface area contributed by atoms with E-state index in [-0.39, 0.29) is 25.4 Å². The van der Waals surface area contributed by atoms with Crippen molar-refractivity contribution < 1.29 is 71.8 Å². The third kappa shape index (κ3) is 14.1. The van der Waals surface area contributed by atoms with E-state index >= 15 is 0 Å². The van der Waals surface area contributed by atoms with Gasteiger partial charge >= 0.3 is 23.9 Å². The number of esters is 4. The lowest BCUT2D eigenvalue weighted by Crippen LogP contribution is -2.68. The Bertz CT molecular complexity index is 1450. The van der Waals surface area contributed by atoms with Crippen LogP contribution in [0, 0.1) is 0 Å². The summed E-state index contributed by atoms with van der Waals surface area (Å²) in [7, 11) is 0. The Hall–Kier alpha value is -2.74. The Labute approximate surface area is 331 Å². The maximum absolute atomic E-state index is 13.1. The molecule has 1 aromatic rings. The lowest BCUT2D eigenvalue weighted by Gasteiger charge is -2.49. The molecule has 10 atom stereocenters. The molecule has 2 fully saturated rings. The van der Waals surface area contributed by atoms with Crippen LogP contribution < -0.4 is 5.32 Å². The molecule has 20 heteroatoms. The molecule has 0 aromatic heterocycles. The molecular formula is C34H44Cl3NO15S. The maximum atomic E-state index is 13.1. The number of hydrogen-bond acceptors (Lipinski definition) is 16. The molecule has 0 aliphatic carbocycles. The van der Waals surface area contributed by atoms with Gasteiger partial charge in [-0.15, -0.1) is 11.8 Å². The summed E-state index contributed by atoms with van der Waals surface area (Å²) in [6.07, 6.45) is -13.0. The predicted molar refractivity (Wildman–Crippen MR) is 192 cm³/mol. The molecule has 2 aliphatic heterocycles. The quantitative estimate of drug-likeness (QED) is 0.131. The zero-order valence-corrected chi connectivity index (χ0v) is 33.2. The number of benzene rings is 1. The van der Waals surface area contributed by atoms with E-state index < -0.39 is 107 Å². The van der Waals surface area contributed by atoms with Gasteiger partial charge < -0.3 is 53.1 Å². The molecule has 1 aromatic carbocycles. The number of carbonyl (C=O) groups is 6. The molecule has 16 nitrogen and oxygen atoms in total. The molecule has 2 heterocycles. The fourth-order valence-corrected chi connectivity index (χ4v) is 6.67. The van der Waals surface area contributed by atoms with E-state index in [0.717, 1.165) is 26.3 Å². The molecule has 0 unspecified atom stereocenters. The smallest absolute Gasteiger partial charge is 0.306 e. The zero-order valence-electron chi connectivity index (χ0n) is 30.1. The van der Waals surface area contributed by atoms with Crippen LogP contribution in [0.3, 0.4) is 0 Å². The van der Waals surface area contributed by atoms with Crippen molar-refractivity contribution in [2.24, 2.45) is 0 Å². The first-order valence-electron chi connectivity index (χ1n) is 16.8. The summed E-state index contributed by atoms with van der Waals surface area (Å²) in [6, 6.07) is 7.90. The topological polar surface area (TPSA) is 209 Å². The first-order valence-corrected chi connectivity index (χ1v) is 19.0. The number of thioether (sulfide) groups is 1. The highest BCUT2D eigenvalue weighted by molar-refractivity contribution is 7.99. The van der Waals surface area contributed by atoms with Crippen molar-refractivity contribution in [1.82, 2.24) is 5.32 Å². The molecule has 0 spiro atoms. The van der Waals surface area contributed by atoms with Gasteiger partial charge in [-0.05, 0) is 18.2 Å². The van der Waals surface area contributed by atoms with Gasteiger partial charge in [0, 0.05) is 27.2 Å². The van der Waals surface area contributed by atoms with E-state index in [0.29, 0.717) is 5.75 Å². The largest absolute Gasteiger partial charge is 0.463 e. The van der Waals surface area contributed by atoms with Crippen molar-refractivity contribution in [3.63, 3.8) is 0 Å². The number of ether oxygens (including phenoxy) is 8. The first-order chi connectivity index (χ1) is 25.4. The van der Waals surface area contributed by atoms with Crippen LogP contribution in [0.25, 0.3) is 0 Å². The number of Topliss-reactive ketones (excluding diaryl/α,β-unsaturated/α-hetero) is 1. The zero-order chi connectivity index (χ0) is 40.2. The summed E-state index contributed by atoms with van der Waals surface area (Å²) >= 11 is 18.9. The lowest BCUT2D eigenvalue weighted by molar-refractivity contribution is -0.333. The van der Waals surface area contributed by atoms with Gasteiger partial charge in [0.1, 0.15) is 42.2 Å². The molecule has 54 heavy (non-hydrogen) atoms. The van der Waals surface area contributed by atoms with Crippen molar-refractivity contribution in [2.75, 3.05) is 19.0 Å². The van der Waals surface area contributed by atoms with Gasteiger partial charge in [0.25, 0.3) is 9.70 Å². The van der Waals surface area contributed by atoms with E-state index in [1.807, 2.05) is 37.3 Å². The number of ketones is 1. The molecule has 302 valence electrons. The first kappa shape index (κ1) is 45.6. The Morgan fingerprint density at radius 1 is 0.815 bits per heavy atom. The Kier molecular flexibility index (Phi) is 18.2. The molecule has 1 amide bonds. The van der Waals surface area contributed by atoms with Crippen molar-refractivity contribution in [1.29, 1.82) is 0 Å². The monoisotopic (exact) mass is 843 g/mol. The average Bonchev–Trinajstić information content (AvgIpc) is 3.08. The average molecular weight is 845 g/mol. The molecule has 0 bridgehead atoms. The number of alkyl halides is 3. The van der Waals surface area contributed by atoms with Crippen LogP contribution >= 0.6 is 46.6 Å². The highest BCUT2D eigenvalue weighted by atomic mass is 35.6. The second kappa shape index (κ2) is 21.5.